The van der Waals surface area contributed by atoms with E-state index in [4.69, 9.17) is 23.7 Å². The molecule has 1 aliphatic rings. The first kappa shape index (κ1) is 17.3. The van der Waals surface area contributed by atoms with Crippen LogP contribution in [0.2, 0.25) is 0 Å². The SMILES string of the molecule is COC[C@H]1O[C@@H](OC)[C@@H](N(C)C(C)=O)[C@@H](OC)[C@@H]1OC. The van der Waals surface area contributed by atoms with Gasteiger partial charge in [-0.2, -0.15) is 0 Å². The summed E-state index contributed by atoms with van der Waals surface area (Å²) in [5, 5.41) is 0. The monoisotopic (exact) mass is 291 g/mol. The molecule has 1 amide bonds. The van der Waals surface area contributed by atoms with Crippen molar-refractivity contribution in [3.8, 4) is 0 Å². The van der Waals surface area contributed by atoms with Gasteiger partial charge in [0.25, 0.3) is 0 Å². The van der Waals surface area contributed by atoms with Crippen LogP contribution in [0.25, 0.3) is 0 Å². The number of ether oxygens (including phenoxy) is 5. The lowest BCUT2D eigenvalue weighted by Gasteiger charge is -2.47. The maximum absolute atomic E-state index is 11.7. The fourth-order valence-electron chi connectivity index (χ4n) is 2.56. The molecule has 0 aromatic rings. The number of carbonyl (C=O) groups excluding carboxylic acids is 1. The number of methoxy groups -OCH3 is 4. The summed E-state index contributed by atoms with van der Waals surface area (Å²) in [6.07, 6.45) is -1.64. The van der Waals surface area contributed by atoms with Crippen molar-refractivity contribution < 1.29 is 28.5 Å². The average molecular weight is 291 g/mol. The van der Waals surface area contributed by atoms with Crippen molar-refractivity contribution in [2.75, 3.05) is 42.1 Å². The third-order valence-corrected chi connectivity index (χ3v) is 3.67. The molecule has 0 saturated carbocycles. The zero-order chi connectivity index (χ0) is 15.3. The molecule has 20 heavy (non-hydrogen) atoms. The third kappa shape index (κ3) is 3.48. The van der Waals surface area contributed by atoms with Gasteiger partial charge in [-0.3, -0.25) is 4.79 Å². The summed E-state index contributed by atoms with van der Waals surface area (Å²) in [7, 11) is 7.99. The molecule has 7 heteroatoms. The smallest absolute Gasteiger partial charge is 0.219 e. The van der Waals surface area contributed by atoms with Crippen LogP contribution in [0.15, 0.2) is 0 Å². The third-order valence-electron chi connectivity index (χ3n) is 3.67. The van der Waals surface area contributed by atoms with Gasteiger partial charge >= 0.3 is 0 Å². The minimum absolute atomic E-state index is 0.0947. The van der Waals surface area contributed by atoms with Gasteiger partial charge in [-0.25, -0.2) is 0 Å². The predicted octanol–water partition coefficient (Wildman–Crippen LogP) is -0.119. The summed E-state index contributed by atoms with van der Waals surface area (Å²) in [6, 6.07) is -0.388. The van der Waals surface area contributed by atoms with Gasteiger partial charge in [0, 0.05) is 42.4 Å². The Kier molecular flexibility index (Phi) is 6.84. The molecule has 0 unspecified atom stereocenters. The van der Waals surface area contributed by atoms with Crippen LogP contribution < -0.4 is 0 Å². The number of hydrogen-bond donors (Lipinski definition) is 0. The Morgan fingerprint density at radius 3 is 2.10 bits per heavy atom. The van der Waals surface area contributed by atoms with Crippen LogP contribution in [-0.4, -0.2) is 83.5 Å². The molecule has 7 nitrogen and oxygen atoms in total. The molecule has 5 atom stereocenters. The molecule has 1 rings (SSSR count). The Balaban J connectivity index is 3.04. The van der Waals surface area contributed by atoms with Crippen LogP contribution >= 0.6 is 0 Å². The summed E-state index contributed by atoms with van der Waals surface area (Å²) in [6.45, 7) is 1.84. The van der Waals surface area contributed by atoms with Crippen LogP contribution in [-0.2, 0) is 28.5 Å². The Morgan fingerprint density at radius 2 is 1.70 bits per heavy atom. The van der Waals surface area contributed by atoms with Gasteiger partial charge in [0.15, 0.2) is 6.29 Å². The molecule has 1 fully saturated rings. The molecule has 0 spiro atoms. The molecule has 0 bridgehead atoms. The van der Waals surface area contributed by atoms with Crippen LogP contribution in [0.5, 0.6) is 0 Å². The van der Waals surface area contributed by atoms with Crippen molar-refractivity contribution in [1.82, 2.24) is 4.90 Å². The molecule has 0 radical (unpaired) electrons. The molecule has 1 heterocycles. The van der Waals surface area contributed by atoms with Gasteiger partial charge in [-0.15, -0.1) is 0 Å². The fourth-order valence-corrected chi connectivity index (χ4v) is 2.56. The van der Waals surface area contributed by atoms with Gasteiger partial charge in [0.1, 0.15) is 24.4 Å². The van der Waals surface area contributed by atoms with E-state index in [1.807, 2.05) is 0 Å². The zero-order valence-corrected chi connectivity index (χ0v) is 13.0. The van der Waals surface area contributed by atoms with E-state index in [0.717, 1.165) is 0 Å². The summed E-state index contributed by atoms with van der Waals surface area (Å²) in [4.78, 5) is 13.2. The summed E-state index contributed by atoms with van der Waals surface area (Å²) in [5.41, 5.74) is 0. The highest BCUT2D eigenvalue weighted by Crippen LogP contribution is 2.28. The number of rotatable bonds is 6. The van der Waals surface area contributed by atoms with E-state index in [-0.39, 0.29) is 30.3 Å². The van der Waals surface area contributed by atoms with Crippen molar-refractivity contribution in [3.05, 3.63) is 0 Å². The second-order valence-corrected chi connectivity index (χ2v) is 4.76. The van der Waals surface area contributed by atoms with Gasteiger partial charge in [0.05, 0.1) is 6.61 Å². The minimum Gasteiger partial charge on any atom is -0.382 e. The van der Waals surface area contributed by atoms with E-state index in [2.05, 4.69) is 0 Å². The number of carbonyl (C=O) groups is 1. The van der Waals surface area contributed by atoms with Gasteiger partial charge in [-0.1, -0.05) is 0 Å². The summed E-state index contributed by atoms with van der Waals surface area (Å²) in [5.74, 6) is -0.0947. The van der Waals surface area contributed by atoms with E-state index in [1.165, 1.54) is 14.0 Å². The molecule has 0 aromatic carbocycles. The lowest BCUT2D eigenvalue weighted by Crippen LogP contribution is -2.65. The summed E-state index contributed by atoms with van der Waals surface area (Å²) < 4.78 is 27.4. The number of amides is 1. The van der Waals surface area contributed by atoms with Gasteiger partial charge in [-0.05, 0) is 0 Å². The van der Waals surface area contributed by atoms with E-state index < -0.39 is 6.29 Å². The highest BCUT2D eigenvalue weighted by atomic mass is 16.7. The normalized spacial score (nSPS) is 34.0. The fraction of sp³-hybridized carbons (Fsp3) is 0.923. The predicted molar refractivity (Wildman–Crippen MR) is 71.4 cm³/mol. The second-order valence-electron chi connectivity index (χ2n) is 4.76. The van der Waals surface area contributed by atoms with Crippen LogP contribution in [0.1, 0.15) is 6.92 Å². The van der Waals surface area contributed by atoms with E-state index in [1.54, 1.807) is 33.3 Å². The lowest BCUT2D eigenvalue weighted by atomic mass is 9.95. The molecular weight excluding hydrogens is 266 g/mol. The zero-order valence-electron chi connectivity index (χ0n) is 13.0. The number of likely N-dealkylation sites (N-methyl/N-ethyl adjacent to an activating group) is 1. The van der Waals surface area contributed by atoms with Gasteiger partial charge < -0.3 is 28.6 Å². The summed E-state index contributed by atoms with van der Waals surface area (Å²) >= 11 is 0. The van der Waals surface area contributed by atoms with Crippen LogP contribution in [0.3, 0.4) is 0 Å². The van der Waals surface area contributed by atoms with Crippen LogP contribution in [0, 0.1) is 0 Å². The average Bonchev–Trinajstić information content (AvgIpc) is 2.45. The largest absolute Gasteiger partial charge is 0.382 e. The maximum atomic E-state index is 11.7. The Morgan fingerprint density at radius 1 is 1.10 bits per heavy atom. The van der Waals surface area contributed by atoms with Crippen molar-refractivity contribution in [2.24, 2.45) is 0 Å². The van der Waals surface area contributed by atoms with E-state index in [0.29, 0.717) is 6.61 Å². The first-order valence-corrected chi connectivity index (χ1v) is 6.47. The van der Waals surface area contributed by atoms with Gasteiger partial charge in [0.2, 0.25) is 5.91 Å². The first-order chi connectivity index (χ1) is 9.51. The minimum atomic E-state index is -0.597. The molecule has 1 aliphatic heterocycles. The second kappa shape index (κ2) is 7.90. The van der Waals surface area contributed by atoms with Crippen molar-refractivity contribution in [1.29, 1.82) is 0 Å². The Labute approximate surface area is 120 Å². The van der Waals surface area contributed by atoms with Crippen molar-refractivity contribution >= 4 is 5.91 Å². The van der Waals surface area contributed by atoms with Crippen molar-refractivity contribution in [2.45, 2.75) is 37.6 Å². The maximum Gasteiger partial charge on any atom is 0.219 e. The van der Waals surface area contributed by atoms with E-state index in [9.17, 15) is 4.79 Å². The number of hydrogen-bond acceptors (Lipinski definition) is 6. The standard InChI is InChI=1S/C13H25NO6/c1-8(15)14(2)10-12(18-5)11(17-4)9(7-16-3)20-13(10)19-6/h9-13H,7H2,1-6H3/t9-,10+,11-,12-,13-/m1/s1. The quantitative estimate of drug-likeness (QED) is 0.680. The topological polar surface area (TPSA) is 66.5 Å². The highest BCUT2D eigenvalue weighted by Gasteiger charge is 2.49. The Hall–Kier alpha value is -0.730. The Bertz CT molecular complexity index is 313. The lowest BCUT2D eigenvalue weighted by molar-refractivity contribution is -0.285. The van der Waals surface area contributed by atoms with Crippen molar-refractivity contribution in [3.63, 3.8) is 0 Å². The molecule has 0 aliphatic carbocycles. The molecular formula is C13H25NO6. The highest BCUT2D eigenvalue weighted by molar-refractivity contribution is 5.73. The molecule has 0 aromatic heterocycles. The molecule has 0 N–H and O–H groups in total. The number of nitrogens with zero attached hydrogens (tertiary/aromatic N) is 1. The molecule has 1 saturated heterocycles. The molecule has 118 valence electrons. The first-order valence-electron chi connectivity index (χ1n) is 6.47. The van der Waals surface area contributed by atoms with E-state index >= 15 is 0 Å². The van der Waals surface area contributed by atoms with Crippen LogP contribution in [0.4, 0.5) is 0 Å².